The molecule has 0 heterocycles. The normalized spacial score (nSPS) is 14.9. The molecule has 0 bridgehead atoms. The first-order chi connectivity index (χ1) is 17.1. The second kappa shape index (κ2) is 11.2. The van der Waals surface area contributed by atoms with Crippen LogP contribution < -0.4 is 0 Å². The first-order valence-electron chi connectivity index (χ1n) is 10.3. The number of nitrogens with zero attached hydrogens (tertiary/aromatic N) is 2. The molecule has 4 aromatic carbocycles. The molecule has 10 heteroatoms. The monoisotopic (exact) mass is 624 g/mol. The first kappa shape index (κ1) is 28.6. The number of hydrogen-bond donors (Lipinski definition) is 0. The fraction of sp³-hybridized carbons (Fsp3) is 0.0741. The quantitative estimate of drug-likeness (QED) is 0.121. The van der Waals surface area contributed by atoms with Crippen LogP contribution in [-0.4, -0.2) is 11.4 Å². The van der Waals surface area contributed by atoms with Gasteiger partial charge in [0.25, 0.3) is 0 Å². The summed E-state index contributed by atoms with van der Waals surface area (Å²) in [6.45, 7) is 0. The average Bonchev–Trinajstić information content (AvgIpc) is 3.14. The average molecular weight is 625 g/mol. The molecule has 0 spiro atoms. The molecule has 0 N–H and O–H groups in total. The van der Waals surface area contributed by atoms with Gasteiger partial charge in [0.15, 0.2) is 0 Å². The standard InChI is InChI=1S/C26H14F6N2.CH3.ClH.Pd/c27-25(28,29)16-7-3-9-18(13-16)33-23-20-11-1-5-15-6-2-12-21(22(15)20)24(23)34-19-10-4-8-17(14-19)26(30,31)32;;;/h1-14H;1H3;1H;/q;-1;;+2/p-1. The molecule has 0 saturated carbocycles. The van der Waals surface area contributed by atoms with E-state index in [4.69, 9.17) is 0 Å². The molecule has 0 aromatic heterocycles. The van der Waals surface area contributed by atoms with Crippen molar-refractivity contribution in [3.63, 3.8) is 0 Å². The van der Waals surface area contributed by atoms with Crippen LogP contribution in [0.2, 0.25) is 0 Å². The summed E-state index contributed by atoms with van der Waals surface area (Å²) in [6.07, 6.45) is -9.08. The summed E-state index contributed by atoms with van der Waals surface area (Å²) in [4.78, 5) is 8.97. The van der Waals surface area contributed by atoms with Gasteiger partial charge in [0.05, 0.1) is 33.9 Å². The fourth-order valence-corrected chi connectivity index (χ4v) is 3.98. The van der Waals surface area contributed by atoms with Gasteiger partial charge in [0, 0.05) is 16.5 Å². The van der Waals surface area contributed by atoms with Gasteiger partial charge in [-0.2, -0.15) is 26.3 Å². The van der Waals surface area contributed by atoms with Crippen molar-refractivity contribution in [1.29, 1.82) is 0 Å². The van der Waals surface area contributed by atoms with Crippen molar-refractivity contribution in [3.05, 3.63) is 115 Å². The van der Waals surface area contributed by atoms with Crippen molar-refractivity contribution in [2.45, 2.75) is 12.4 Å². The molecule has 2 nitrogen and oxygen atoms in total. The van der Waals surface area contributed by atoms with Gasteiger partial charge < -0.3 is 7.43 Å². The summed E-state index contributed by atoms with van der Waals surface area (Å²) in [7, 11) is 4.49. The Labute approximate surface area is 224 Å². The van der Waals surface area contributed by atoms with Gasteiger partial charge in [-0.25, -0.2) is 9.98 Å². The van der Waals surface area contributed by atoms with Crippen molar-refractivity contribution in [1.82, 2.24) is 0 Å². The van der Waals surface area contributed by atoms with Gasteiger partial charge in [0.2, 0.25) is 0 Å². The van der Waals surface area contributed by atoms with E-state index >= 15 is 0 Å². The number of alkyl halides is 6. The molecule has 5 rings (SSSR count). The van der Waals surface area contributed by atoms with Crippen molar-refractivity contribution < 1.29 is 44.5 Å². The van der Waals surface area contributed by atoms with Gasteiger partial charge in [-0.15, -0.1) is 0 Å². The van der Waals surface area contributed by atoms with Gasteiger partial charge in [0.1, 0.15) is 0 Å². The minimum atomic E-state index is -4.54. The molecule has 0 fully saturated rings. The van der Waals surface area contributed by atoms with Gasteiger partial charge >= 0.3 is 40.1 Å². The van der Waals surface area contributed by atoms with Crippen LogP contribution >= 0.6 is 9.53 Å². The molecule has 37 heavy (non-hydrogen) atoms. The van der Waals surface area contributed by atoms with Gasteiger partial charge in [-0.05, 0) is 41.8 Å². The number of hydrogen-bond acceptors (Lipinski definition) is 2. The zero-order chi connectivity index (χ0) is 26.1. The van der Waals surface area contributed by atoms with E-state index < -0.39 is 23.5 Å². The molecule has 0 atom stereocenters. The fourth-order valence-electron chi connectivity index (χ4n) is 3.98. The van der Waals surface area contributed by atoms with E-state index in [9.17, 15) is 26.3 Å². The van der Waals surface area contributed by atoms with E-state index in [0.717, 1.165) is 35.0 Å². The number of benzene rings is 4. The SMILES string of the molecule is FC(F)(F)c1cccc(N=C2C(=Nc3cccc(C(F)(F)F)c3)c3cccc4cccc2c34)c1.[CH3-].[Cl][Pd+]. The molecule has 0 radical (unpaired) electrons. The van der Waals surface area contributed by atoms with E-state index in [1.54, 1.807) is 24.3 Å². The Morgan fingerprint density at radius 3 is 1.32 bits per heavy atom. The summed E-state index contributed by atoms with van der Waals surface area (Å²) in [6, 6.07) is 20.0. The van der Waals surface area contributed by atoms with Crippen LogP contribution in [0.25, 0.3) is 10.8 Å². The first-order valence-corrected chi connectivity index (χ1v) is 12.3. The summed E-state index contributed by atoms with van der Waals surface area (Å²) in [5.74, 6) is 0. The molecule has 1 aliphatic carbocycles. The molecule has 194 valence electrons. The topological polar surface area (TPSA) is 24.7 Å². The Morgan fingerprint density at radius 2 is 0.946 bits per heavy atom. The van der Waals surface area contributed by atoms with E-state index in [2.05, 4.69) is 37.7 Å². The second-order valence-corrected chi connectivity index (χ2v) is 7.73. The van der Waals surface area contributed by atoms with Gasteiger partial charge in [-0.3, -0.25) is 0 Å². The van der Waals surface area contributed by atoms with E-state index in [1.165, 1.54) is 24.3 Å². The number of halogens is 7. The Hall–Kier alpha value is -2.99. The molecule has 4 aromatic rings. The zero-order valence-electron chi connectivity index (χ0n) is 18.9. The van der Waals surface area contributed by atoms with Crippen LogP contribution in [-0.2, 0) is 30.5 Å². The van der Waals surface area contributed by atoms with Gasteiger partial charge in [-0.1, -0.05) is 48.5 Å². The molecular weight excluding hydrogens is 608 g/mol. The molecular formula is C27H17ClF6N2Pd. The number of aliphatic imine (C=N–C) groups is 2. The van der Waals surface area contributed by atoms with Crippen LogP contribution in [0.1, 0.15) is 22.3 Å². The van der Waals surface area contributed by atoms with Crippen LogP contribution in [0.4, 0.5) is 37.7 Å². The maximum absolute atomic E-state index is 13.2. The van der Waals surface area contributed by atoms with E-state index in [-0.39, 0.29) is 18.8 Å². The molecule has 0 aliphatic heterocycles. The van der Waals surface area contributed by atoms with Crippen molar-refractivity contribution >= 4 is 43.1 Å². The third-order valence-electron chi connectivity index (χ3n) is 5.47. The number of rotatable bonds is 2. The summed E-state index contributed by atoms with van der Waals surface area (Å²) >= 11 is 2.22. The van der Waals surface area contributed by atoms with Crippen LogP contribution in [0.5, 0.6) is 0 Å². The van der Waals surface area contributed by atoms with Crippen molar-refractivity contribution in [2.75, 3.05) is 0 Å². The Kier molecular flexibility index (Phi) is 8.64. The van der Waals surface area contributed by atoms with Crippen molar-refractivity contribution in [2.24, 2.45) is 9.98 Å². The maximum atomic E-state index is 13.2. The predicted molar refractivity (Wildman–Crippen MR) is 131 cm³/mol. The zero-order valence-corrected chi connectivity index (χ0v) is 21.2. The molecule has 1 aliphatic rings. The second-order valence-electron chi connectivity index (χ2n) is 7.73. The molecule has 0 unspecified atom stereocenters. The van der Waals surface area contributed by atoms with E-state index in [0.29, 0.717) is 22.6 Å². The van der Waals surface area contributed by atoms with Crippen molar-refractivity contribution in [3.8, 4) is 0 Å². The van der Waals surface area contributed by atoms with E-state index in [1.807, 2.05) is 12.1 Å². The molecule has 0 saturated heterocycles. The summed E-state index contributed by atoms with van der Waals surface area (Å²) in [5, 5.41) is 1.66. The third-order valence-corrected chi connectivity index (χ3v) is 5.47. The Bertz CT molecular complexity index is 1380. The van der Waals surface area contributed by atoms with Crippen LogP contribution in [0.3, 0.4) is 0 Å². The Balaban J connectivity index is 0.00000124. The van der Waals surface area contributed by atoms with Crippen LogP contribution in [0, 0.1) is 7.43 Å². The Morgan fingerprint density at radius 1 is 0.568 bits per heavy atom. The summed E-state index contributed by atoms with van der Waals surface area (Å²) < 4.78 is 79.3. The molecule has 0 amide bonds. The van der Waals surface area contributed by atoms with Crippen LogP contribution in [0.15, 0.2) is 94.9 Å². The minimum absolute atomic E-state index is 0. The predicted octanol–water partition coefficient (Wildman–Crippen LogP) is 9.27. The third kappa shape index (κ3) is 5.96. The summed E-state index contributed by atoms with van der Waals surface area (Å²) in [5.41, 5.74) is 0.316.